The van der Waals surface area contributed by atoms with Gasteiger partial charge in [0.2, 0.25) is 0 Å². The lowest BCUT2D eigenvalue weighted by Crippen LogP contribution is -2.34. The first-order valence-corrected chi connectivity index (χ1v) is 13.0. The summed E-state index contributed by atoms with van der Waals surface area (Å²) in [5.41, 5.74) is 8.06. The second-order valence-corrected chi connectivity index (χ2v) is 10.1. The third-order valence-electron chi connectivity index (χ3n) is 7.29. The molecule has 2 heterocycles. The van der Waals surface area contributed by atoms with Crippen molar-refractivity contribution in [2.45, 2.75) is 39.2 Å². The minimum Gasteiger partial charge on any atom is -0.299 e. The fraction of sp³-hybridized carbons (Fsp3) is 0.273. The van der Waals surface area contributed by atoms with Crippen LogP contribution in [0.1, 0.15) is 52.0 Å². The highest BCUT2D eigenvalue weighted by Crippen LogP contribution is 2.24. The highest BCUT2D eigenvalue weighted by Gasteiger charge is 2.22. The predicted molar refractivity (Wildman–Crippen MR) is 147 cm³/mol. The van der Waals surface area contributed by atoms with Crippen LogP contribution in [-0.4, -0.2) is 28.8 Å². The number of Topliss-reactive ketones (excluding diaryl/α,β-unsaturated/α-hetero) is 1. The standard InChI is InChI=1S/C33H34N2O/c1-25-7-12-30(13-8-25)31-14-9-26(10-15-31)21-29-11-16-32(34-23-29)33(36)22-27-17-19-35(20-18-27)24-28-5-3-2-4-6-28/h2-16,23,27H,17-22,24H2,1H3. The number of carbonyl (C=O) groups excluding carboxylic acids is 1. The van der Waals surface area contributed by atoms with Crippen molar-refractivity contribution in [1.82, 2.24) is 9.88 Å². The van der Waals surface area contributed by atoms with Gasteiger partial charge in [-0.1, -0.05) is 90.5 Å². The molecule has 1 fully saturated rings. The van der Waals surface area contributed by atoms with Crippen molar-refractivity contribution in [3.8, 4) is 11.1 Å². The highest BCUT2D eigenvalue weighted by molar-refractivity contribution is 5.94. The second kappa shape index (κ2) is 11.5. The van der Waals surface area contributed by atoms with Crippen LogP contribution in [0.25, 0.3) is 11.1 Å². The number of rotatable bonds is 8. The topological polar surface area (TPSA) is 33.2 Å². The molecule has 3 nitrogen and oxygen atoms in total. The number of hydrogen-bond acceptors (Lipinski definition) is 3. The molecule has 3 heteroatoms. The van der Waals surface area contributed by atoms with Crippen molar-refractivity contribution in [3.05, 3.63) is 125 Å². The Kier molecular flexibility index (Phi) is 7.68. The van der Waals surface area contributed by atoms with Crippen LogP contribution in [0.15, 0.2) is 97.2 Å². The zero-order chi connectivity index (χ0) is 24.7. The smallest absolute Gasteiger partial charge is 0.181 e. The van der Waals surface area contributed by atoms with Crippen LogP contribution < -0.4 is 0 Å². The van der Waals surface area contributed by atoms with Gasteiger partial charge >= 0.3 is 0 Å². The van der Waals surface area contributed by atoms with E-state index in [1.165, 1.54) is 27.8 Å². The summed E-state index contributed by atoms with van der Waals surface area (Å²) < 4.78 is 0. The van der Waals surface area contributed by atoms with Crippen molar-refractivity contribution in [3.63, 3.8) is 0 Å². The first-order chi connectivity index (χ1) is 17.6. The van der Waals surface area contributed by atoms with Gasteiger partial charge in [0.15, 0.2) is 5.78 Å². The summed E-state index contributed by atoms with van der Waals surface area (Å²) in [6.45, 7) is 5.22. The number of aromatic nitrogens is 1. The average Bonchev–Trinajstić information content (AvgIpc) is 2.92. The van der Waals surface area contributed by atoms with Crippen molar-refractivity contribution >= 4 is 5.78 Å². The predicted octanol–water partition coefficient (Wildman–Crippen LogP) is 7.13. The molecular formula is C33H34N2O. The van der Waals surface area contributed by atoms with E-state index in [2.05, 4.69) is 102 Å². The SMILES string of the molecule is Cc1ccc(-c2ccc(Cc3ccc(C(=O)CC4CCN(Cc5ccccc5)CC4)nc3)cc2)cc1. The molecule has 0 saturated carbocycles. The molecular weight excluding hydrogens is 440 g/mol. The Labute approximate surface area is 214 Å². The largest absolute Gasteiger partial charge is 0.299 e. The Morgan fingerprint density at radius 3 is 2.06 bits per heavy atom. The summed E-state index contributed by atoms with van der Waals surface area (Å²) >= 11 is 0. The summed E-state index contributed by atoms with van der Waals surface area (Å²) in [5, 5.41) is 0. The third kappa shape index (κ3) is 6.35. The van der Waals surface area contributed by atoms with Gasteiger partial charge in [-0.2, -0.15) is 0 Å². The number of pyridine rings is 1. The van der Waals surface area contributed by atoms with E-state index in [9.17, 15) is 4.79 Å². The molecule has 0 aliphatic carbocycles. The Morgan fingerprint density at radius 2 is 1.42 bits per heavy atom. The highest BCUT2D eigenvalue weighted by atomic mass is 16.1. The molecule has 3 aromatic carbocycles. The number of ketones is 1. The van der Waals surface area contributed by atoms with E-state index < -0.39 is 0 Å². The molecule has 1 aromatic heterocycles. The molecule has 5 rings (SSSR count). The van der Waals surface area contributed by atoms with Crippen molar-refractivity contribution in [1.29, 1.82) is 0 Å². The molecule has 0 unspecified atom stereocenters. The van der Waals surface area contributed by atoms with E-state index in [1.807, 2.05) is 12.3 Å². The Morgan fingerprint density at radius 1 is 0.778 bits per heavy atom. The minimum atomic E-state index is 0.172. The van der Waals surface area contributed by atoms with Gasteiger partial charge in [-0.15, -0.1) is 0 Å². The molecule has 0 bridgehead atoms. The summed E-state index contributed by atoms with van der Waals surface area (Å²) in [5.74, 6) is 0.628. The van der Waals surface area contributed by atoms with Crippen molar-refractivity contribution in [2.75, 3.05) is 13.1 Å². The number of hydrogen-bond donors (Lipinski definition) is 0. The molecule has 1 aliphatic rings. The van der Waals surface area contributed by atoms with Crippen molar-refractivity contribution < 1.29 is 4.79 Å². The number of piperidine rings is 1. The van der Waals surface area contributed by atoms with Crippen LogP contribution in [0.4, 0.5) is 0 Å². The monoisotopic (exact) mass is 474 g/mol. The van der Waals surface area contributed by atoms with Gasteiger partial charge in [0.25, 0.3) is 0 Å². The number of benzene rings is 3. The normalized spacial score (nSPS) is 14.6. The van der Waals surface area contributed by atoms with Gasteiger partial charge in [-0.3, -0.25) is 14.7 Å². The van der Waals surface area contributed by atoms with Gasteiger partial charge in [-0.25, -0.2) is 0 Å². The van der Waals surface area contributed by atoms with Crippen LogP contribution >= 0.6 is 0 Å². The maximum absolute atomic E-state index is 12.9. The van der Waals surface area contributed by atoms with E-state index >= 15 is 0 Å². The van der Waals surface area contributed by atoms with E-state index in [0.29, 0.717) is 18.0 Å². The van der Waals surface area contributed by atoms with E-state index in [-0.39, 0.29) is 5.78 Å². The quantitative estimate of drug-likeness (QED) is 0.255. The zero-order valence-electron chi connectivity index (χ0n) is 21.1. The molecule has 0 amide bonds. The molecule has 0 N–H and O–H groups in total. The number of nitrogens with zero attached hydrogens (tertiary/aromatic N) is 2. The van der Waals surface area contributed by atoms with Crippen LogP contribution in [0, 0.1) is 12.8 Å². The van der Waals surface area contributed by atoms with Crippen LogP contribution in [0.2, 0.25) is 0 Å². The summed E-state index contributed by atoms with van der Waals surface area (Å²) in [6.07, 6.45) is 5.44. The summed E-state index contributed by atoms with van der Waals surface area (Å²) in [6, 6.07) is 31.9. The Bertz CT molecular complexity index is 1250. The maximum Gasteiger partial charge on any atom is 0.181 e. The molecule has 1 aliphatic heterocycles. The second-order valence-electron chi connectivity index (χ2n) is 10.1. The molecule has 0 spiro atoms. The van der Waals surface area contributed by atoms with Gasteiger partial charge < -0.3 is 0 Å². The van der Waals surface area contributed by atoms with Gasteiger partial charge in [-0.05, 0) is 79.1 Å². The van der Waals surface area contributed by atoms with E-state index in [0.717, 1.165) is 44.5 Å². The van der Waals surface area contributed by atoms with Gasteiger partial charge in [0.05, 0.1) is 0 Å². The van der Waals surface area contributed by atoms with Crippen LogP contribution in [0.3, 0.4) is 0 Å². The third-order valence-corrected chi connectivity index (χ3v) is 7.29. The van der Waals surface area contributed by atoms with Crippen molar-refractivity contribution in [2.24, 2.45) is 5.92 Å². The molecule has 4 aromatic rings. The molecule has 0 radical (unpaired) electrons. The molecule has 182 valence electrons. The fourth-order valence-electron chi connectivity index (χ4n) is 5.05. The fourth-order valence-corrected chi connectivity index (χ4v) is 5.05. The van der Waals surface area contributed by atoms with Crippen LogP contribution in [-0.2, 0) is 13.0 Å². The lowest BCUT2D eigenvalue weighted by Gasteiger charge is -2.31. The zero-order valence-corrected chi connectivity index (χ0v) is 21.1. The lowest BCUT2D eigenvalue weighted by atomic mass is 9.90. The van der Waals surface area contributed by atoms with E-state index in [4.69, 9.17) is 0 Å². The molecule has 0 atom stereocenters. The summed E-state index contributed by atoms with van der Waals surface area (Å²) in [7, 11) is 0. The lowest BCUT2D eigenvalue weighted by molar-refractivity contribution is 0.0920. The van der Waals surface area contributed by atoms with Gasteiger partial charge in [0.1, 0.15) is 5.69 Å². The average molecular weight is 475 g/mol. The van der Waals surface area contributed by atoms with E-state index in [1.54, 1.807) is 0 Å². The summed E-state index contributed by atoms with van der Waals surface area (Å²) in [4.78, 5) is 19.9. The Hall–Kier alpha value is -3.56. The number of aryl methyl sites for hydroxylation is 1. The molecule has 36 heavy (non-hydrogen) atoms. The molecule has 1 saturated heterocycles. The maximum atomic E-state index is 12.9. The Balaban J connectivity index is 1.11. The number of carbonyl (C=O) groups is 1. The first-order valence-electron chi connectivity index (χ1n) is 13.0. The number of likely N-dealkylation sites (tertiary alicyclic amines) is 1. The van der Waals surface area contributed by atoms with Gasteiger partial charge in [0, 0.05) is 19.2 Å². The first kappa shape index (κ1) is 24.1. The minimum absolute atomic E-state index is 0.172. The van der Waals surface area contributed by atoms with Crippen LogP contribution in [0.5, 0.6) is 0 Å².